The Morgan fingerprint density at radius 1 is 1.03 bits per heavy atom. The number of fused-ring (bicyclic) bond motifs is 2. The van der Waals surface area contributed by atoms with Crippen LogP contribution in [0.1, 0.15) is 49.9 Å². The second-order valence-electron chi connectivity index (χ2n) is 9.68. The molecule has 2 atom stereocenters. The summed E-state index contributed by atoms with van der Waals surface area (Å²) in [6.07, 6.45) is 2.92. The number of carbonyl (C=O) groups excluding carboxylic acids is 1. The van der Waals surface area contributed by atoms with Gasteiger partial charge in [0.2, 0.25) is 11.8 Å². The highest BCUT2D eigenvalue weighted by molar-refractivity contribution is 5.75. The van der Waals surface area contributed by atoms with Crippen LogP contribution in [-0.4, -0.2) is 51.2 Å². The second-order valence-corrected chi connectivity index (χ2v) is 9.68. The first-order valence-corrected chi connectivity index (χ1v) is 12.2. The van der Waals surface area contributed by atoms with Crippen molar-refractivity contribution >= 4 is 17.4 Å². The van der Waals surface area contributed by atoms with Crippen molar-refractivity contribution in [3.05, 3.63) is 71.5 Å². The van der Waals surface area contributed by atoms with Crippen molar-refractivity contribution in [3.8, 4) is 5.88 Å². The van der Waals surface area contributed by atoms with Gasteiger partial charge in [-0.05, 0) is 42.2 Å². The maximum Gasteiger partial charge on any atom is 0.233 e. The quantitative estimate of drug-likeness (QED) is 0.531. The number of nitrogens with zero attached hydrogens (tertiary/aromatic N) is 5. The molecule has 0 aliphatic carbocycles. The highest BCUT2D eigenvalue weighted by atomic mass is 16.5. The summed E-state index contributed by atoms with van der Waals surface area (Å²) in [5.74, 6) is 1.78. The molecule has 8 nitrogen and oxygen atoms in total. The summed E-state index contributed by atoms with van der Waals surface area (Å²) in [5, 5.41) is 11.7. The van der Waals surface area contributed by atoms with Crippen LogP contribution in [0.4, 0.5) is 11.5 Å². The van der Waals surface area contributed by atoms with Crippen LogP contribution in [0.5, 0.6) is 5.88 Å². The van der Waals surface area contributed by atoms with Crippen molar-refractivity contribution in [1.29, 1.82) is 0 Å². The van der Waals surface area contributed by atoms with E-state index in [0.717, 1.165) is 30.8 Å². The van der Waals surface area contributed by atoms with Crippen LogP contribution < -0.4 is 15.0 Å². The smallest absolute Gasteiger partial charge is 0.233 e. The summed E-state index contributed by atoms with van der Waals surface area (Å²) in [4.78, 5) is 20.6. The molecule has 2 aliphatic heterocycles. The highest BCUT2D eigenvalue weighted by Gasteiger charge is 2.44. The van der Waals surface area contributed by atoms with Crippen LogP contribution in [-0.2, 0) is 17.9 Å². The molecule has 1 amide bonds. The van der Waals surface area contributed by atoms with E-state index < -0.39 is 0 Å². The van der Waals surface area contributed by atoms with Crippen molar-refractivity contribution in [2.45, 2.75) is 58.3 Å². The van der Waals surface area contributed by atoms with Gasteiger partial charge in [0.05, 0.1) is 6.04 Å². The molecule has 2 aromatic heterocycles. The molecule has 182 valence electrons. The molecule has 0 saturated carbocycles. The van der Waals surface area contributed by atoms with Gasteiger partial charge in [0, 0.05) is 61.8 Å². The number of likely N-dealkylation sites (tertiary alicyclic amines) is 1. The van der Waals surface area contributed by atoms with Crippen LogP contribution in [0.25, 0.3) is 0 Å². The number of carbonyl (C=O) groups is 1. The summed E-state index contributed by atoms with van der Waals surface area (Å²) in [6, 6.07) is 17.2. The number of aromatic nitrogens is 3. The summed E-state index contributed by atoms with van der Waals surface area (Å²) in [6.45, 7) is 8.75. The lowest BCUT2D eigenvalue weighted by Crippen LogP contribution is -2.48. The molecule has 8 heteroatoms. The maximum atomic E-state index is 11.7. The molecule has 0 spiro atoms. The van der Waals surface area contributed by atoms with Gasteiger partial charge < -0.3 is 19.9 Å². The molecule has 35 heavy (non-hydrogen) atoms. The summed E-state index contributed by atoms with van der Waals surface area (Å²) in [7, 11) is 0. The number of nitrogens with one attached hydrogen (secondary N) is 1. The Morgan fingerprint density at radius 3 is 2.43 bits per heavy atom. The fraction of sp³-hybridized carbons (Fsp3) is 0.407. The summed E-state index contributed by atoms with van der Waals surface area (Å²) < 4.78 is 5.74. The lowest BCUT2D eigenvalue weighted by Gasteiger charge is -2.35. The molecule has 2 unspecified atom stereocenters. The Morgan fingerprint density at radius 2 is 1.83 bits per heavy atom. The summed E-state index contributed by atoms with van der Waals surface area (Å²) in [5.41, 5.74) is 4.46. The van der Waals surface area contributed by atoms with Gasteiger partial charge in [0.1, 0.15) is 12.4 Å². The normalized spacial score (nSPS) is 18.9. The molecule has 1 aromatic carbocycles. The number of amides is 1. The molecule has 2 fully saturated rings. The highest BCUT2D eigenvalue weighted by Crippen LogP contribution is 2.34. The average Bonchev–Trinajstić information content (AvgIpc) is 3.49. The van der Waals surface area contributed by atoms with E-state index in [9.17, 15) is 4.79 Å². The van der Waals surface area contributed by atoms with E-state index in [1.54, 1.807) is 6.92 Å². The molecular weight excluding hydrogens is 440 g/mol. The standard InChI is InChI=1S/C27H32N6O2/c1-18(2)25-9-6-21(14-28-25)17-35-27-11-10-26(30-31-27)29-13-20-4-7-22(8-5-20)33-16-23-12-24(33)15-32(23)19(3)34/h4-11,14,18,23-24H,12-13,15-17H2,1-3H3,(H,29,30). The number of anilines is 2. The first kappa shape index (κ1) is 23.1. The fourth-order valence-corrected chi connectivity index (χ4v) is 4.88. The minimum absolute atomic E-state index is 0.190. The predicted molar refractivity (Wildman–Crippen MR) is 135 cm³/mol. The molecular formula is C27H32N6O2. The third kappa shape index (κ3) is 5.21. The monoisotopic (exact) mass is 472 g/mol. The first-order chi connectivity index (χ1) is 17.0. The molecule has 1 N–H and O–H groups in total. The zero-order chi connectivity index (χ0) is 24.4. The van der Waals surface area contributed by atoms with E-state index in [1.807, 2.05) is 35.4 Å². The third-order valence-electron chi connectivity index (χ3n) is 6.85. The van der Waals surface area contributed by atoms with E-state index >= 15 is 0 Å². The Hall–Kier alpha value is -3.68. The Kier molecular flexibility index (Phi) is 6.53. The van der Waals surface area contributed by atoms with E-state index in [2.05, 4.69) is 63.5 Å². The van der Waals surface area contributed by atoms with Gasteiger partial charge in [-0.25, -0.2) is 0 Å². The van der Waals surface area contributed by atoms with Gasteiger partial charge >= 0.3 is 0 Å². The Labute approximate surface area is 206 Å². The number of ether oxygens (including phenoxy) is 1. The van der Waals surface area contributed by atoms with Crippen LogP contribution in [0.15, 0.2) is 54.7 Å². The van der Waals surface area contributed by atoms with Crippen molar-refractivity contribution in [1.82, 2.24) is 20.1 Å². The van der Waals surface area contributed by atoms with E-state index in [-0.39, 0.29) is 5.91 Å². The van der Waals surface area contributed by atoms with E-state index in [0.29, 0.717) is 42.9 Å². The zero-order valence-corrected chi connectivity index (χ0v) is 20.5. The number of hydrogen-bond acceptors (Lipinski definition) is 7. The lowest BCUT2D eigenvalue weighted by molar-refractivity contribution is -0.129. The van der Waals surface area contributed by atoms with Crippen LogP contribution in [0.3, 0.4) is 0 Å². The van der Waals surface area contributed by atoms with Crippen LogP contribution >= 0.6 is 0 Å². The first-order valence-electron chi connectivity index (χ1n) is 12.2. The predicted octanol–water partition coefficient (Wildman–Crippen LogP) is 4.00. The largest absolute Gasteiger partial charge is 0.472 e. The van der Waals surface area contributed by atoms with Crippen molar-refractivity contribution in [2.75, 3.05) is 23.3 Å². The van der Waals surface area contributed by atoms with Crippen molar-refractivity contribution < 1.29 is 9.53 Å². The molecule has 3 aromatic rings. The van der Waals surface area contributed by atoms with Gasteiger partial charge in [0.25, 0.3) is 0 Å². The van der Waals surface area contributed by atoms with Gasteiger partial charge in [-0.1, -0.05) is 32.0 Å². The fourth-order valence-electron chi connectivity index (χ4n) is 4.88. The number of pyridine rings is 1. The zero-order valence-electron chi connectivity index (χ0n) is 20.5. The lowest BCUT2D eigenvalue weighted by atomic mass is 10.1. The molecule has 2 saturated heterocycles. The number of rotatable bonds is 8. The maximum absolute atomic E-state index is 11.7. The molecule has 2 aliphatic rings. The Bertz CT molecular complexity index is 1150. The van der Waals surface area contributed by atoms with Gasteiger partial charge in [-0.15, -0.1) is 10.2 Å². The number of piperazine rings is 1. The minimum Gasteiger partial charge on any atom is -0.472 e. The Balaban J connectivity index is 1.09. The summed E-state index contributed by atoms with van der Waals surface area (Å²) >= 11 is 0. The number of hydrogen-bond donors (Lipinski definition) is 1. The number of benzene rings is 1. The van der Waals surface area contributed by atoms with Gasteiger partial charge in [0.15, 0.2) is 0 Å². The minimum atomic E-state index is 0.190. The SMILES string of the molecule is CC(=O)N1CC2CC1CN2c1ccc(CNc2ccc(OCc3ccc(C(C)C)nc3)nn2)cc1. The van der Waals surface area contributed by atoms with Crippen molar-refractivity contribution in [3.63, 3.8) is 0 Å². The molecule has 5 rings (SSSR count). The topological polar surface area (TPSA) is 83.5 Å². The molecule has 2 bridgehead atoms. The second kappa shape index (κ2) is 9.90. The molecule has 0 radical (unpaired) electrons. The van der Waals surface area contributed by atoms with Crippen LogP contribution in [0.2, 0.25) is 0 Å². The third-order valence-corrected chi connectivity index (χ3v) is 6.85. The van der Waals surface area contributed by atoms with Gasteiger partial charge in [-0.2, -0.15) is 0 Å². The molecule has 4 heterocycles. The van der Waals surface area contributed by atoms with E-state index in [1.165, 1.54) is 11.3 Å². The van der Waals surface area contributed by atoms with Gasteiger partial charge in [-0.3, -0.25) is 9.78 Å². The van der Waals surface area contributed by atoms with Crippen molar-refractivity contribution in [2.24, 2.45) is 0 Å². The van der Waals surface area contributed by atoms with Crippen LogP contribution in [0, 0.1) is 0 Å². The average molecular weight is 473 g/mol. The van der Waals surface area contributed by atoms with E-state index in [4.69, 9.17) is 4.74 Å².